The summed E-state index contributed by atoms with van der Waals surface area (Å²) in [5, 5.41) is 15.5. The fourth-order valence-electron chi connectivity index (χ4n) is 6.12. The van der Waals surface area contributed by atoms with E-state index < -0.39 is 0 Å². The predicted octanol–water partition coefficient (Wildman–Crippen LogP) is 12.3. The number of hydrogen-bond acceptors (Lipinski definition) is 5. The zero-order valence-electron chi connectivity index (χ0n) is 29.7. The third-order valence-corrected chi connectivity index (χ3v) is 10.4. The van der Waals surface area contributed by atoms with Gasteiger partial charge in [-0.05, 0) is 55.4 Å². The maximum atomic E-state index is 12.2. The molecular weight excluding hydrogens is 775 g/mol. The molecule has 0 spiro atoms. The molecule has 0 saturated carbocycles. The van der Waals surface area contributed by atoms with Crippen molar-refractivity contribution in [2.45, 2.75) is 93.4 Å². The average molecular weight is 823 g/mol. The zero-order chi connectivity index (χ0) is 34.1. The third-order valence-electron chi connectivity index (χ3n) is 10.4. The molecule has 0 unspecified atom stereocenters. The molecule has 3 aromatic heterocycles. The van der Waals surface area contributed by atoms with Crippen LogP contribution in [0.25, 0.3) is 54.9 Å². The number of furan rings is 2. The zero-order valence-corrected chi connectivity index (χ0v) is 32.1. The average Bonchev–Trinajstić information content (AvgIpc) is 3.71. The maximum absolute atomic E-state index is 12.2. The van der Waals surface area contributed by atoms with E-state index in [1.165, 1.54) is 17.0 Å². The first-order valence-electron chi connectivity index (χ1n) is 16.9. The molecule has 0 aliphatic heterocycles. The molecular formula is C42H48IrNO4-. The van der Waals surface area contributed by atoms with Crippen molar-refractivity contribution in [2.75, 3.05) is 0 Å². The van der Waals surface area contributed by atoms with Crippen molar-refractivity contribution in [1.82, 2.24) is 4.98 Å². The third kappa shape index (κ3) is 6.88. The molecule has 0 amide bonds. The van der Waals surface area contributed by atoms with E-state index in [-0.39, 0.29) is 47.9 Å². The molecule has 0 saturated heterocycles. The van der Waals surface area contributed by atoms with Crippen molar-refractivity contribution < 1.29 is 38.8 Å². The number of rotatable bonds is 8. The number of ketones is 1. The van der Waals surface area contributed by atoms with Crippen molar-refractivity contribution in [1.29, 1.82) is 0 Å². The van der Waals surface area contributed by atoms with Gasteiger partial charge < -0.3 is 13.9 Å². The number of fused-ring (bicyclic) bond motifs is 6. The molecule has 1 N–H and O–H groups in total. The second-order valence-electron chi connectivity index (χ2n) is 14.2. The fourth-order valence-corrected chi connectivity index (χ4v) is 6.12. The van der Waals surface area contributed by atoms with Crippen LogP contribution >= 0.6 is 0 Å². The largest absolute Gasteiger partial charge is 0.512 e. The van der Waals surface area contributed by atoms with E-state index in [0.29, 0.717) is 0 Å². The molecule has 0 aliphatic rings. The van der Waals surface area contributed by atoms with E-state index in [2.05, 4.69) is 57.2 Å². The number of benzene rings is 3. The Labute approximate surface area is 298 Å². The van der Waals surface area contributed by atoms with Gasteiger partial charge in [0.2, 0.25) is 0 Å². The van der Waals surface area contributed by atoms with E-state index in [0.717, 1.165) is 75.2 Å². The number of hydrogen-bond donors (Lipinski definition) is 1. The van der Waals surface area contributed by atoms with Gasteiger partial charge in [-0.1, -0.05) is 91.5 Å². The minimum absolute atomic E-state index is 0. The maximum Gasteiger partial charge on any atom is 0.164 e. The van der Waals surface area contributed by atoms with Gasteiger partial charge in [0.15, 0.2) is 5.78 Å². The van der Waals surface area contributed by atoms with E-state index >= 15 is 0 Å². The van der Waals surface area contributed by atoms with Crippen LogP contribution in [-0.2, 0) is 30.3 Å². The molecule has 0 bridgehead atoms. The summed E-state index contributed by atoms with van der Waals surface area (Å²) in [6, 6.07) is 22.1. The molecule has 0 fully saturated rings. The number of aromatic nitrogens is 1. The van der Waals surface area contributed by atoms with Crippen molar-refractivity contribution in [2.24, 2.45) is 10.8 Å². The molecule has 3 aromatic carbocycles. The second-order valence-corrected chi connectivity index (χ2v) is 14.2. The van der Waals surface area contributed by atoms with Crippen LogP contribution in [0.5, 0.6) is 0 Å². The van der Waals surface area contributed by atoms with Crippen LogP contribution in [-0.4, -0.2) is 15.9 Å². The number of allylic oxidation sites excluding steroid dienone is 2. The van der Waals surface area contributed by atoms with E-state index in [1.807, 2.05) is 72.0 Å². The summed E-state index contributed by atoms with van der Waals surface area (Å²) in [6.45, 7) is 18.8. The van der Waals surface area contributed by atoms with Gasteiger partial charge in [0.1, 0.15) is 22.5 Å². The first kappa shape index (κ1) is 37.1. The molecule has 3 heterocycles. The van der Waals surface area contributed by atoms with Crippen molar-refractivity contribution >= 4 is 49.5 Å². The summed E-state index contributed by atoms with van der Waals surface area (Å²) in [5.74, 6) is 0.286. The second kappa shape index (κ2) is 14.4. The van der Waals surface area contributed by atoms with Gasteiger partial charge in [-0.15, -0.1) is 29.1 Å². The Kier molecular flexibility index (Phi) is 11.1. The summed E-state index contributed by atoms with van der Waals surface area (Å²) in [7, 11) is 0. The van der Waals surface area contributed by atoms with Crippen LogP contribution in [0.2, 0.25) is 0 Å². The predicted molar refractivity (Wildman–Crippen MR) is 195 cm³/mol. The standard InChI is InChI=1S/C27H20NO2.C15H28O2.Ir/c1-27(2,3)20-15-17(14-16-6-4-5-7-18(16)20)26-25-23(10-12-28-26)30-22-9-8-21-19(24(22)25)11-13-29-21;1-7-14(5,8-2)12(16)11-13(17)15(6,9-3)10-4;/h4-13,15H,1-3H3;11,16H,7-10H2,1-6H3;/q-1;;/b;12-11-;. The minimum atomic E-state index is -0.337. The SMILES string of the molecule is CC(C)(C)c1cc(-c2nccc3oc4ccc5occc5c4c23)[c-]c2ccccc12.CCC(C)(CC)C(=O)/C=C(\O)C(C)(CC)CC.[Ir]. The van der Waals surface area contributed by atoms with Crippen LogP contribution < -0.4 is 0 Å². The molecule has 6 heteroatoms. The molecule has 5 nitrogen and oxygen atoms in total. The number of carbonyl (C=O) groups excluding carboxylic acids is 1. The first-order chi connectivity index (χ1) is 22.3. The van der Waals surface area contributed by atoms with Crippen LogP contribution in [0, 0.1) is 16.9 Å². The van der Waals surface area contributed by atoms with Crippen molar-refractivity contribution in [3.05, 3.63) is 90.5 Å². The molecule has 48 heavy (non-hydrogen) atoms. The summed E-state index contributed by atoms with van der Waals surface area (Å²) < 4.78 is 11.8. The summed E-state index contributed by atoms with van der Waals surface area (Å²) >= 11 is 0. The van der Waals surface area contributed by atoms with Gasteiger partial charge in [0, 0.05) is 65.1 Å². The fraction of sp³-hybridized carbons (Fsp3) is 0.381. The van der Waals surface area contributed by atoms with Crippen LogP contribution in [0.15, 0.2) is 87.7 Å². The molecule has 1 radical (unpaired) electrons. The topological polar surface area (TPSA) is 76.5 Å². The van der Waals surface area contributed by atoms with Crippen LogP contribution in [0.4, 0.5) is 0 Å². The number of carbonyl (C=O) groups is 1. The molecule has 6 rings (SSSR count). The van der Waals surface area contributed by atoms with Gasteiger partial charge >= 0.3 is 0 Å². The van der Waals surface area contributed by atoms with E-state index in [9.17, 15) is 9.90 Å². The Hall–Kier alpha value is -3.73. The van der Waals surface area contributed by atoms with Crippen LogP contribution in [0.3, 0.4) is 0 Å². The van der Waals surface area contributed by atoms with E-state index in [4.69, 9.17) is 13.8 Å². The van der Waals surface area contributed by atoms with Gasteiger partial charge in [-0.3, -0.25) is 9.78 Å². The first-order valence-corrected chi connectivity index (χ1v) is 16.9. The number of aliphatic hydroxyl groups is 1. The van der Waals surface area contributed by atoms with Crippen molar-refractivity contribution in [3.63, 3.8) is 0 Å². The monoisotopic (exact) mass is 823 g/mol. The van der Waals surface area contributed by atoms with Gasteiger partial charge in [0.25, 0.3) is 0 Å². The van der Waals surface area contributed by atoms with Crippen LogP contribution in [0.1, 0.15) is 93.6 Å². The summed E-state index contributed by atoms with van der Waals surface area (Å²) in [5.41, 5.74) is 5.04. The Morgan fingerprint density at radius 1 is 0.812 bits per heavy atom. The molecule has 0 aliphatic carbocycles. The van der Waals surface area contributed by atoms with Gasteiger partial charge in [0.05, 0.1) is 6.26 Å². The molecule has 255 valence electrons. The summed E-state index contributed by atoms with van der Waals surface area (Å²) in [4.78, 5) is 17.0. The Balaban J connectivity index is 0.000000251. The summed E-state index contributed by atoms with van der Waals surface area (Å²) in [6.07, 6.45) is 8.29. The van der Waals surface area contributed by atoms with Gasteiger partial charge in [-0.2, -0.15) is 0 Å². The minimum Gasteiger partial charge on any atom is -0.512 e. The quantitative estimate of drug-likeness (QED) is 0.0940. The number of pyridine rings is 1. The number of nitrogens with zero attached hydrogens (tertiary/aromatic N) is 1. The van der Waals surface area contributed by atoms with E-state index in [1.54, 1.807) is 6.26 Å². The molecule has 0 atom stereocenters. The Morgan fingerprint density at radius 3 is 2.08 bits per heavy atom. The smallest absolute Gasteiger partial charge is 0.164 e. The molecule has 6 aromatic rings. The van der Waals surface area contributed by atoms with Gasteiger partial charge in [-0.25, -0.2) is 0 Å². The Morgan fingerprint density at radius 2 is 1.44 bits per heavy atom. The van der Waals surface area contributed by atoms with Crippen molar-refractivity contribution in [3.8, 4) is 11.3 Å². The normalized spacial score (nSPS) is 12.7. The Bertz CT molecular complexity index is 2080. The number of aliphatic hydroxyl groups excluding tert-OH is 1.